The molecule has 2 rings (SSSR count). The molecule has 120 valence electrons. The number of nitrogens with zero attached hydrogens (tertiary/aromatic N) is 2. The van der Waals surface area contributed by atoms with Gasteiger partial charge in [-0.25, -0.2) is 9.97 Å². The van der Waals surface area contributed by atoms with Crippen molar-refractivity contribution in [1.82, 2.24) is 9.97 Å². The molecule has 0 fully saturated rings. The fourth-order valence-electron chi connectivity index (χ4n) is 2.02. The first-order valence-electron chi connectivity index (χ1n) is 7.39. The maximum absolute atomic E-state index is 11.8. The lowest BCUT2D eigenvalue weighted by molar-refractivity contribution is -0.144. The van der Waals surface area contributed by atoms with Gasteiger partial charge in [0.1, 0.15) is 15.7 Å². The highest BCUT2D eigenvalue weighted by atomic mass is 32.2. The summed E-state index contributed by atoms with van der Waals surface area (Å²) in [5, 5.41) is 1.96. The Labute approximate surface area is 139 Å². The van der Waals surface area contributed by atoms with Gasteiger partial charge in [0.15, 0.2) is 0 Å². The first-order chi connectivity index (χ1) is 10.3. The van der Waals surface area contributed by atoms with Gasteiger partial charge < -0.3 is 4.74 Å². The average molecular weight is 338 g/mol. The molecule has 0 aromatic carbocycles. The van der Waals surface area contributed by atoms with Crippen molar-refractivity contribution in [3.63, 3.8) is 0 Å². The fourth-order valence-corrected chi connectivity index (χ4v) is 3.99. The van der Waals surface area contributed by atoms with Crippen LogP contribution in [0.25, 0.3) is 10.2 Å². The number of carbonyl (C=O) groups excluding carboxylic acids is 1. The molecule has 22 heavy (non-hydrogen) atoms. The SMILES string of the molecule is Cc1sc2nc(C(C)C)nc(SCC(=O)OC(C)C)c2c1C. The number of ether oxygens (including phenoxy) is 1. The summed E-state index contributed by atoms with van der Waals surface area (Å²) in [5.74, 6) is 1.15. The Bertz CT molecular complexity index is 693. The van der Waals surface area contributed by atoms with Gasteiger partial charge in [-0.15, -0.1) is 11.3 Å². The number of carbonyl (C=O) groups is 1. The lowest BCUT2D eigenvalue weighted by Crippen LogP contribution is -2.13. The van der Waals surface area contributed by atoms with Gasteiger partial charge in [-0.05, 0) is 33.3 Å². The number of fused-ring (bicyclic) bond motifs is 1. The molecular weight excluding hydrogens is 316 g/mol. The highest BCUT2D eigenvalue weighted by Gasteiger charge is 2.17. The molecule has 0 radical (unpaired) electrons. The minimum Gasteiger partial charge on any atom is -0.462 e. The standard InChI is InChI=1S/C16H22N2O2S2/c1-8(2)14-17-15(21-7-12(19)20-9(3)4)13-10(5)11(6)22-16(13)18-14/h8-9H,7H2,1-6H3. The van der Waals surface area contributed by atoms with E-state index >= 15 is 0 Å². The van der Waals surface area contributed by atoms with Crippen molar-refractivity contribution in [1.29, 1.82) is 0 Å². The van der Waals surface area contributed by atoms with E-state index in [1.54, 1.807) is 11.3 Å². The number of esters is 1. The number of thiophene rings is 1. The fraction of sp³-hybridized carbons (Fsp3) is 0.562. The molecule has 0 aliphatic rings. The smallest absolute Gasteiger partial charge is 0.316 e. The zero-order chi connectivity index (χ0) is 16.4. The molecule has 0 aliphatic heterocycles. The number of aromatic nitrogens is 2. The second kappa shape index (κ2) is 6.96. The first kappa shape index (κ1) is 17.2. The lowest BCUT2D eigenvalue weighted by atomic mass is 10.2. The molecule has 2 heterocycles. The number of rotatable bonds is 5. The van der Waals surface area contributed by atoms with E-state index < -0.39 is 0 Å². The van der Waals surface area contributed by atoms with Crippen LogP contribution in [0.4, 0.5) is 0 Å². The maximum Gasteiger partial charge on any atom is 0.316 e. The molecule has 0 spiro atoms. The summed E-state index contributed by atoms with van der Waals surface area (Å²) >= 11 is 3.13. The maximum atomic E-state index is 11.8. The van der Waals surface area contributed by atoms with Gasteiger partial charge in [0.2, 0.25) is 0 Å². The van der Waals surface area contributed by atoms with E-state index in [0.717, 1.165) is 21.1 Å². The van der Waals surface area contributed by atoms with E-state index in [-0.39, 0.29) is 23.7 Å². The third kappa shape index (κ3) is 3.79. The topological polar surface area (TPSA) is 52.1 Å². The van der Waals surface area contributed by atoms with Crippen LogP contribution in [0.2, 0.25) is 0 Å². The Hall–Kier alpha value is -1.14. The quantitative estimate of drug-likeness (QED) is 0.457. The zero-order valence-electron chi connectivity index (χ0n) is 13.9. The average Bonchev–Trinajstić information content (AvgIpc) is 2.70. The Morgan fingerprint density at radius 3 is 2.50 bits per heavy atom. The molecule has 0 N–H and O–H groups in total. The number of hydrogen-bond donors (Lipinski definition) is 0. The monoisotopic (exact) mass is 338 g/mol. The van der Waals surface area contributed by atoms with Crippen molar-refractivity contribution >= 4 is 39.3 Å². The number of thioether (sulfide) groups is 1. The predicted octanol–water partition coefficient (Wildman–Crippen LogP) is 4.48. The van der Waals surface area contributed by atoms with Crippen LogP contribution in [0, 0.1) is 13.8 Å². The van der Waals surface area contributed by atoms with Gasteiger partial charge in [-0.2, -0.15) is 0 Å². The molecule has 0 bridgehead atoms. The molecule has 2 aromatic heterocycles. The molecule has 0 aliphatic carbocycles. The van der Waals surface area contributed by atoms with E-state index in [2.05, 4.69) is 37.7 Å². The Morgan fingerprint density at radius 2 is 1.91 bits per heavy atom. The Balaban J connectivity index is 2.36. The second-order valence-corrected chi connectivity index (χ2v) is 8.00. The molecule has 0 saturated carbocycles. The first-order valence-corrected chi connectivity index (χ1v) is 9.19. The summed E-state index contributed by atoms with van der Waals surface area (Å²) in [5.41, 5.74) is 1.20. The van der Waals surface area contributed by atoms with Crippen LogP contribution in [-0.2, 0) is 9.53 Å². The molecule has 2 aromatic rings. The molecule has 6 heteroatoms. The van der Waals surface area contributed by atoms with Crippen molar-refractivity contribution < 1.29 is 9.53 Å². The predicted molar refractivity (Wildman–Crippen MR) is 92.9 cm³/mol. The van der Waals surface area contributed by atoms with Gasteiger partial charge in [0, 0.05) is 16.2 Å². The Morgan fingerprint density at radius 1 is 1.23 bits per heavy atom. The van der Waals surface area contributed by atoms with Gasteiger partial charge in [0.25, 0.3) is 0 Å². The summed E-state index contributed by atoms with van der Waals surface area (Å²) in [6.07, 6.45) is -0.0881. The van der Waals surface area contributed by atoms with Crippen molar-refractivity contribution in [2.24, 2.45) is 0 Å². The third-order valence-corrected chi connectivity index (χ3v) is 5.27. The summed E-state index contributed by atoms with van der Waals surface area (Å²) in [6.45, 7) is 12.1. The summed E-state index contributed by atoms with van der Waals surface area (Å²) in [4.78, 5) is 23.4. The minimum absolute atomic E-state index is 0.0881. The summed E-state index contributed by atoms with van der Waals surface area (Å²) < 4.78 is 5.20. The van der Waals surface area contributed by atoms with Crippen LogP contribution < -0.4 is 0 Å². The molecule has 4 nitrogen and oxygen atoms in total. The molecule has 0 unspecified atom stereocenters. The van der Waals surface area contributed by atoms with Crippen molar-refractivity contribution in [2.45, 2.75) is 58.6 Å². The largest absolute Gasteiger partial charge is 0.462 e. The number of aryl methyl sites for hydroxylation is 2. The van der Waals surface area contributed by atoms with Crippen LogP contribution in [0.5, 0.6) is 0 Å². The van der Waals surface area contributed by atoms with Crippen molar-refractivity contribution in [3.05, 3.63) is 16.3 Å². The highest BCUT2D eigenvalue weighted by molar-refractivity contribution is 8.00. The van der Waals surface area contributed by atoms with E-state index in [0.29, 0.717) is 0 Å². The van der Waals surface area contributed by atoms with Gasteiger partial charge in [-0.3, -0.25) is 4.79 Å². The van der Waals surface area contributed by atoms with Crippen molar-refractivity contribution in [2.75, 3.05) is 5.75 Å². The van der Waals surface area contributed by atoms with E-state index in [1.807, 2.05) is 13.8 Å². The van der Waals surface area contributed by atoms with E-state index in [1.165, 1.54) is 22.2 Å². The molecule has 0 amide bonds. The molecule has 0 saturated heterocycles. The van der Waals surface area contributed by atoms with Gasteiger partial charge in [-0.1, -0.05) is 25.6 Å². The van der Waals surface area contributed by atoms with Crippen molar-refractivity contribution in [3.8, 4) is 0 Å². The molecule has 0 atom stereocenters. The van der Waals surface area contributed by atoms with Gasteiger partial charge in [0.05, 0.1) is 11.9 Å². The van der Waals surface area contributed by atoms with Crippen LogP contribution in [-0.4, -0.2) is 27.8 Å². The number of hydrogen-bond acceptors (Lipinski definition) is 6. The van der Waals surface area contributed by atoms with Crippen LogP contribution in [0.1, 0.15) is 49.9 Å². The van der Waals surface area contributed by atoms with E-state index in [4.69, 9.17) is 4.74 Å². The second-order valence-electron chi connectivity index (χ2n) is 5.83. The normalized spacial score (nSPS) is 11.6. The van der Waals surface area contributed by atoms with Crippen LogP contribution in [0.15, 0.2) is 5.03 Å². The summed E-state index contributed by atoms with van der Waals surface area (Å²) in [6, 6.07) is 0. The van der Waals surface area contributed by atoms with Crippen LogP contribution in [0.3, 0.4) is 0 Å². The van der Waals surface area contributed by atoms with E-state index in [9.17, 15) is 4.79 Å². The van der Waals surface area contributed by atoms with Crippen LogP contribution >= 0.6 is 23.1 Å². The zero-order valence-corrected chi connectivity index (χ0v) is 15.5. The summed E-state index contributed by atoms with van der Waals surface area (Å²) in [7, 11) is 0. The molecular formula is C16H22N2O2S2. The minimum atomic E-state index is -0.206. The highest BCUT2D eigenvalue weighted by Crippen LogP contribution is 2.36. The third-order valence-electron chi connectivity index (χ3n) is 3.22. The lowest BCUT2D eigenvalue weighted by Gasteiger charge is -2.10. The van der Waals surface area contributed by atoms with Gasteiger partial charge >= 0.3 is 5.97 Å². The Kier molecular flexibility index (Phi) is 5.45.